The zero-order chi connectivity index (χ0) is 18.7. The average molecular weight is 361 g/mol. The lowest BCUT2D eigenvalue weighted by atomic mass is 9.76. The van der Waals surface area contributed by atoms with Crippen LogP contribution in [-0.2, 0) is 14.3 Å². The number of carbonyl (C=O) groups excluding carboxylic acids is 2. The molecule has 2 amide bonds. The maximum absolute atomic E-state index is 13.3. The van der Waals surface area contributed by atoms with E-state index in [0.717, 1.165) is 32.6 Å². The molecule has 6 nitrogen and oxygen atoms in total. The van der Waals surface area contributed by atoms with Crippen molar-refractivity contribution >= 4 is 11.8 Å². The van der Waals surface area contributed by atoms with Gasteiger partial charge in [-0.1, -0.05) is 32.9 Å². The lowest BCUT2D eigenvalue weighted by Gasteiger charge is -2.30. The second-order valence-electron chi connectivity index (χ2n) is 9.64. The molecular formula is C20H31N3O3. The second-order valence-corrected chi connectivity index (χ2v) is 9.64. The van der Waals surface area contributed by atoms with Crippen LogP contribution in [-0.4, -0.2) is 84.5 Å². The number of fused-ring (bicyclic) bond motifs is 1. The summed E-state index contributed by atoms with van der Waals surface area (Å²) in [6.07, 6.45) is 4.80. The second kappa shape index (κ2) is 6.06. The third-order valence-corrected chi connectivity index (χ3v) is 6.16. The summed E-state index contributed by atoms with van der Waals surface area (Å²) in [4.78, 5) is 32.7. The Morgan fingerprint density at radius 1 is 1.27 bits per heavy atom. The fraction of sp³-hybridized carbons (Fsp3) is 0.800. The molecule has 2 bridgehead atoms. The van der Waals surface area contributed by atoms with Gasteiger partial charge in [-0.3, -0.25) is 9.59 Å². The molecule has 0 saturated carbocycles. The summed E-state index contributed by atoms with van der Waals surface area (Å²) in [5.41, 5.74) is -0.558. The van der Waals surface area contributed by atoms with Crippen molar-refractivity contribution in [3.05, 3.63) is 12.2 Å². The van der Waals surface area contributed by atoms with Gasteiger partial charge >= 0.3 is 0 Å². The Hall–Kier alpha value is -1.40. The van der Waals surface area contributed by atoms with Crippen molar-refractivity contribution in [2.75, 3.05) is 46.3 Å². The highest BCUT2D eigenvalue weighted by atomic mass is 16.5. The number of carbonyl (C=O) groups is 2. The van der Waals surface area contributed by atoms with Crippen LogP contribution in [0.15, 0.2) is 12.2 Å². The fourth-order valence-electron chi connectivity index (χ4n) is 5.04. The molecule has 0 radical (unpaired) electrons. The molecule has 4 rings (SSSR count). The van der Waals surface area contributed by atoms with Gasteiger partial charge in [-0.2, -0.15) is 0 Å². The predicted molar refractivity (Wildman–Crippen MR) is 98.5 cm³/mol. The topological polar surface area (TPSA) is 53.1 Å². The van der Waals surface area contributed by atoms with Crippen LogP contribution in [0.1, 0.15) is 27.2 Å². The molecule has 0 aliphatic carbocycles. The molecule has 0 aromatic heterocycles. The highest BCUT2D eigenvalue weighted by molar-refractivity contribution is 5.93. The van der Waals surface area contributed by atoms with Crippen molar-refractivity contribution in [1.29, 1.82) is 0 Å². The molecule has 3 saturated heterocycles. The van der Waals surface area contributed by atoms with E-state index < -0.39 is 5.60 Å². The quantitative estimate of drug-likeness (QED) is 0.688. The summed E-state index contributed by atoms with van der Waals surface area (Å²) in [5, 5.41) is 0. The van der Waals surface area contributed by atoms with Crippen molar-refractivity contribution in [2.24, 2.45) is 17.3 Å². The van der Waals surface area contributed by atoms with E-state index in [0.29, 0.717) is 13.1 Å². The van der Waals surface area contributed by atoms with Crippen molar-refractivity contribution in [2.45, 2.75) is 38.9 Å². The van der Waals surface area contributed by atoms with Crippen LogP contribution in [0.25, 0.3) is 0 Å². The molecule has 0 aromatic carbocycles. The fourth-order valence-corrected chi connectivity index (χ4v) is 5.04. The van der Waals surface area contributed by atoms with Crippen molar-refractivity contribution in [1.82, 2.24) is 14.7 Å². The normalized spacial score (nSPS) is 37.4. The van der Waals surface area contributed by atoms with Gasteiger partial charge in [0.15, 0.2) is 0 Å². The highest BCUT2D eigenvalue weighted by Crippen LogP contribution is 2.52. The van der Waals surface area contributed by atoms with Crippen LogP contribution < -0.4 is 0 Å². The Bertz CT molecular complexity index is 641. The van der Waals surface area contributed by atoms with Gasteiger partial charge in [0.25, 0.3) is 0 Å². The van der Waals surface area contributed by atoms with Gasteiger partial charge in [-0.05, 0) is 25.4 Å². The number of nitrogens with zero attached hydrogens (tertiary/aromatic N) is 3. The maximum Gasteiger partial charge on any atom is 0.230 e. The molecule has 1 spiro atoms. The molecule has 0 unspecified atom stereocenters. The lowest BCUT2D eigenvalue weighted by molar-refractivity contribution is -0.143. The van der Waals surface area contributed by atoms with E-state index in [1.54, 1.807) is 0 Å². The number of likely N-dealkylation sites (tertiary alicyclic amines) is 1. The minimum atomic E-state index is -0.587. The minimum absolute atomic E-state index is 0.0293. The van der Waals surface area contributed by atoms with Gasteiger partial charge in [0.2, 0.25) is 11.8 Å². The predicted octanol–water partition coefficient (Wildman–Crippen LogP) is 0.979. The zero-order valence-corrected chi connectivity index (χ0v) is 16.4. The summed E-state index contributed by atoms with van der Waals surface area (Å²) < 4.78 is 6.24. The lowest BCUT2D eigenvalue weighted by Crippen LogP contribution is -2.47. The minimum Gasteiger partial charge on any atom is -0.360 e. The van der Waals surface area contributed by atoms with Crippen LogP contribution in [0, 0.1) is 17.3 Å². The number of likely N-dealkylation sites (N-methyl/N-ethyl adjacent to an activating group) is 1. The van der Waals surface area contributed by atoms with Crippen molar-refractivity contribution in [3.8, 4) is 0 Å². The van der Waals surface area contributed by atoms with E-state index in [4.69, 9.17) is 4.74 Å². The van der Waals surface area contributed by atoms with Crippen molar-refractivity contribution in [3.63, 3.8) is 0 Å². The van der Waals surface area contributed by atoms with E-state index in [2.05, 4.69) is 32.7 Å². The van der Waals surface area contributed by atoms with Crippen LogP contribution in [0.5, 0.6) is 0 Å². The molecular weight excluding hydrogens is 330 g/mol. The summed E-state index contributed by atoms with van der Waals surface area (Å²) in [7, 11) is 2.09. The molecule has 26 heavy (non-hydrogen) atoms. The maximum atomic E-state index is 13.3. The van der Waals surface area contributed by atoms with E-state index in [1.807, 2.05) is 22.0 Å². The van der Waals surface area contributed by atoms with E-state index in [9.17, 15) is 9.59 Å². The third kappa shape index (κ3) is 2.87. The molecule has 4 heterocycles. The van der Waals surface area contributed by atoms with E-state index >= 15 is 0 Å². The van der Waals surface area contributed by atoms with Gasteiger partial charge < -0.3 is 19.4 Å². The number of hydrogen-bond donors (Lipinski definition) is 0. The molecule has 144 valence electrons. The summed E-state index contributed by atoms with van der Waals surface area (Å²) in [5.74, 6) is -0.515. The number of amides is 2. The molecule has 0 aromatic rings. The first kappa shape index (κ1) is 18.0. The molecule has 0 N–H and O–H groups in total. The standard InChI is InChI=1S/C20H31N3O3/c1-19(2,3)12-23-13-20-7-6-14(26-20)15(16(20)18(23)25)17(24)22-9-5-8-21(4)10-11-22/h6-7,14-16H,5,8-13H2,1-4H3/t14-,15+,16+,20-/m0/s1. The Labute approximate surface area is 156 Å². The van der Waals surface area contributed by atoms with Crippen LogP contribution in [0.2, 0.25) is 0 Å². The van der Waals surface area contributed by atoms with Gasteiger partial charge in [-0.25, -0.2) is 0 Å². The Morgan fingerprint density at radius 2 is 2.04 bits per heavy atom. The average Bonchev–Trinajstić information content (AvgIpc) is 3.10. The molecule has 4 aliphatic rings. The largest absolute Gasteiger partial charge is 0.360 e. The summed E-state index contributed by atoms with van der Waals surface area (Å²) >= 11 is 0. The van der Waals surface area contributed by atoms with Crippen LogP contribution in [0.4, 0.5) is 0 Å². The van der Waals surface area contributed by atoms with Gasteiger partial charge in [-0.15, -0.1) is 0 Å². The van der Waals surface area contributed by atoms with Gasteiger partial charge in [0.1, 0.15) is 5.60 Å². The Morgan fingerprint density at radius 3 is 2.77 bits per heavy atom. The van der Waals surface area contributed by atoms with Crippen LogP contribution >= 0.6 is 0 Å². The number of hydrogen-bond acceptors (Lipinski definition) is 4. The summed E-state index contributed by atoms with van der Waals surface area (Å²) in [6, 6.07) is 0. The SMILES string of the molecule is CN1CCCN(C(=O)[C@@H]2[C@@H]3C=C[C@@]4(CN(CC(C)(C)C)C(=O)[C@@H]24)O3)CC1. The first-order valence-electron chi connectivity index (χ1n) is 9.84. The van der Waals surface area contributed by atoms with E-state index in [1.165, 1.54) is 0 Å². The Kier molecular flexibility index (Phi) is 4.19. The zero-order valence-electron chi connectivity index (χ0n) is 16.4. The molecule has 3 fully saturated rings. The molecule has 6 heteroatoms. The van der Waals surface area contributed by atoms with Crippen LogP contribution in [0.3, 0.4) is 0 Å². The monoisotopic (exact) mass is 361 g/mol. The summed E-state index contributed by atoms with van der Waals surface area (Å²) in [6.45, 7) is 11.1. The van der Waals surface area contributed by atoms with Crippen molar-refractivity contribution < 1.29 is 14.3 Å². The smallest absolute Gasteiger partial charge is 0.230 e. The first-order valence-corrected chi connectivity index (χ1v) is 9.84. The first-order chi connectivity index (χ1) is 12.2. The van der Waals surface area contributed by atoms with Gasteiger partial charge in [0.05, 0.1) is 24.5 Å². The molecule has 4 aliphatic heterocycles. The van der Waals surface area contributed by atoms with E-state index in [-0.39, 0.29) is 35.2 Å². The third-order valence-electron chi connectivity index (χ3n) is 6.16. The molecule has 4 atom stereocenters. The number of rotatable bonds is 2. The van der Waals surface area contributed by atoms with Gasteiger partial charge in [0, 0.05) is 26.2 Å². The Balaban J connectivity index is 1.56. The highest BCUT2D eigenvalue weighted by Gasteiger charge is 2.67. The number of ether oxygens (including phenoxy) is 1.